The number of hydrogen-bond donors (Lipinski definition) is 1. The van der Waals surface area contributed by atoms with Crippen LogP contribution in [0.1, 0.15) is 52.7 Å². The molecular formula is C33H37N3O5S. The number of nitrogens with zero attached hydrogens (tertiary/aromatic N) is 3. The molecule has 0 unspecified atom stereocenters. The lowest BCUT2D eigenvalue weighted by atomic mass is 9.85. The first-order valence-corrected chi connectivity index (χ1v) is 15.9. The third kappa shape index (κ3) is 5.17. The zero-order valence-corrected chi connectivity index (χ0v) is 24.9. The van der Waals surface area contributed by atoms with Crippen LogP contribution in [-0.2, 0) is 16.1 Å². The average molecular weight is 588 g/mol. The number of thiazole rings is 1. The minimum absolute atomic E-state index is 0.0751. The van der Waals surface area contributed by atoms with E-state index >= 15 is 0 Å². The van der Waals surface area contributed by atoms with Gasteiger partial charge in [0.05, 0.1) is 23.8 Å². The molecule has 4 fully saturated rings. The number of carboxylic acid groups (broad SMARTS) is 1. The molecule has 3 saturated heterocycles. The molecule has 3 aromatic rings. The number of aliphatic carboxylic acids is 1. The number of rotatable bonds is 7. The van der Waals surface area contributed by atoms with E-state index in [4.69, 9.17) is 14.5 Å². The Hall–Kier alpha value is -3.43. The molecule has 4 aliphatic rings. The number of hydrogen-bond acceptors (Lipinski definition) is 7. The number of likely N-dealkylation sites (tertiary alicyclic amines) is 1. The van der Waals surface area contributed by atoms with E-state index in [-0.39, 0.29) is 35.9 Å². The second kappa shape index (κ2) is 11.0. The fourth-order valence-corrected chi connectivity index (χ4v) is 8.24. The Kier molecular flexibility index (Phi) is 7.18. The van der Waals surface area contributed by atoms with E-state index in [0.717, 1.165) is 77.6 Å². The molecule has 1 aromatic heterocycles. The molecule has 0 spiro atoms. The van der Waals surface area contributed by atoms with Crippen molar-refractivity contribution in [3.8, 4) is 17.0 Å². The Morgan fingerprint density at radius 3 is 2.43 bits per heavy atom. The van der Waals surface area contributed by atoms with Crippen LogP contribution in [0.3, 0.4) is 0 Å². The van der Waals surface area contributed by atoms with Crippen molar-refractivity contribution in [3.05, 3.63) is 64.0 Å². The largest absolute Gasteiger partial charge is 0.488 e. The molecule has 5 atom stereocenters. The topological polar surface area (TPSA) is 92.2 Å². The predicted molar refractivity (Wildman–Crippen MR) is 161 cm³/mol. The lowest BCUT2D eigenvalue weighted by Gasteiger charge is -2.35. The zero-order valence-electron chi connectivity index (χ0n) is 24.1. The lowest BCUT2D eigenvalue weighted by molar-refractivity contribution is -0.144. The van der Waals surface area contributed by atoms with Crippen LogP contribution in [0.2, 0.25) is 0 Å². The van der Waals surface area contributed by atoms with Gasteiger partial charge in [-0.05, 0) is 86.8 Å². The molecule has 1 N–H and O–H groups in total. The first-order chi connectivity index (χ1) is 20.3. The van der Waals surface area contributed by atoms with Crippen molar-refractivity contribution in [2.24, 2.45) is 17.8 Å². The number of fused-ring (bicyclic) bond motifs is 4. The molecule has 2 aromatic carbocycles. The zero-order chi connectivity index (χ0) is 29.0. The van der Waals surface area contributed by atoms with E-state index in [9.17, 15) is 14.7 Å². The third-order valence-corrected chi connectivity index (χ3v) is 10.5. The molecule has 42 heavy (non-hydrogen) atoms. The Morgan fingerprint density at radius 2 is 1.74 bits per heavy atom. The highest BCUT2D eigenvalue weighted by atomic mass is 32.1. The predicted octanol–water partition coefficient (Wildman–Crippen LogP) is 5.56. The van der Waals surface area contributed by atoms with Crippen molar-refractivity contribution >= 4 is 28.3 Å². The first kappa shape index (κ1) is 27.4. The maximum Gasteiger partial charge on any atom is 0.307 e. The summed E-state index contributed by atoms with van der Waals surface area (Å²) in [6, 6.07) is 12.0. The van der Waals surface area contributed by atoms with Crippen LogP contribution in [0.25, 0.3) is 11.3 Å². The second-order valence-corrected chi connectivity index (χ2v) is 13.3. The van der Waals surface area contributed by atoms with Crippen molar-refractivity contribution in [2.75, 3.05) is 31.1 Å². The first-order valence-electron chi connectivity index (χ1n) is 15.0. The average Bonchev–Trinajstić information content (AvgIpc) is 3.68. The standard InChI is InChI=1S/C33H37N3O5S/c1-19-3-10-29(27(11-19)28-18-42-33(34-28)36-13-22-5-6-23(14-36)30(22)32(38)39)40-17-24-7-4-21(12-20(24)2)31(37)35-15-25-8-9-26(16-35)41-25/h3-4,7,10-12,18,22-23,25-26,30H,5-6,8-9,13-17H2,1-2H3,(H,38,39)/t22-,23+,25-,26+,30+. The van der Waals surface area contributed by atoms with E-state index in [1.165, 1.54) is 0 Å². The van der Waals surface area contributed by atoms with E-state index in [0.29, 0.717) is 25.3 Å². The minimum Gasteiger partial charge on any atom is -0.488 e. The highest BCUT2D eigenvalue weighted by molar-refractivity contribution is 7.14. The van der Waals surface area contributed by atoms with Gasteiger partial charge in [-0.3, -0.25) is 9.59 Å². The molecule has 1 saturated carbocycles. The molecule has 1 amide bonds. The quantitative estimate of drug-likeness (QED) is 0.387. The van der Waals surface area contributed by atoms with Crippen LogP contribution >= 0.6 is 11.3 Å². The summed E-state index contributed by atoms with van der Waals surface area (Å²) in [5.41, 5.74) is 5.73. The van der Waals surface area contributed by atoms with Crippen LogP contribution in [0.5, 0.6) is 5.75 Å². The number of aromatic nitrogens is 1. The highest BCUT2D eigenvalue weighted by Gasteiger charge is 2.46. The number of carboxylic acids is 1. The number of morpholine rings is 1. The summed E-state index contributed by atoms with van der Waals surface area (Å²) in [5, 5.41) is 12.7. The van der Waals surface area contributed by atoms with Gasteiger partial charge in [0.1, 0.15) is 12.4 Å². The van der Waals surface area contributed by atoms with Crippen LogP contribution in [-0.4, -0.2) is 65.3 Å². The number of piperidine rings is 1. The molecule has 9 heteroatoms. The summed E-state index contributed by atoms with van der Waals surface area (Å²) in [6.07, 6.45) is 4.40. The molecule has 4 heterocycles. The van der Waals surface area contributed by atoms with E-state index in [1.807, 2.05) is 42.2 Å². The summed E-state index contributed by atoms with van der Waals surface area (Å²) >= 11 is 1.61. The normalized spacial score (nSPS) is 26.5. The SMILES string of the molecule is Cc1ccc(OCc2ccc(C(=O)N3C[C@H]4CC[C@@H](C3)O4)cc2C)c(-c2csc(N3C[C@H]4CC[C@@H](C3)[C@H]4C(=O)O)n2)c1. The number of ether oxygens (including phenoxy) is 2. The molecular weight excluding hydrogens is 550 g/mol. The van der Waals surface area contributed by atoms with Gasteiger partial charge in [-0.15, -0.1) is 11.3 Å². The van der Waals surface area contributed by atoms with Gasteiger partial charge >= 0.3 is 5.97 Å². The van der Waals surface area contributed by atoms with Crippen molar-refractivity contribution < 1.29 is 24.2 Å². The second-order valence-electron chi connectivity index (χ2n) is 12.5. The van der Waals surface area contributed by atoms with Crippen LogP contribution in [0, 0.1) is 31.6 Å². The summed E-state index contributed by atoms with van der Waals surface area (Å²) in [7, 11) is 0. The minimum atomic E-state index is -0.649. The van der Waals surface area contributed by atoms with Crippen molar-refractivity contribution in [2.45, 2.75) is 58.3 Å². The van der Waals surface area contributed by atoms with E-state index in [2.05, 4.69) is 23.3 Å². The van der Waals surface area contributed by atoms with Crippen LogP contribution in [0.4, 0.5) is 5.13 Å². The number of anilines is 1. The summed E-state index contributed by atoms with van der Waals surface area (Å²) in [4.78, 5) is 34.2. The third-order valence-electron chi connectivity index (χ3n) is 9.60. The van der Waals surface area contributed by atoms with Gasteiger partial charge in [0.2, 0.25) is 0 Å². The van der Waals surface area contributed by atoms with Gasteiger partial charge in [-0.2, -0.15) is 0 Å². The number of aryl methyl sites for hydroxylation is 2. The van der Waals surface area contributed by atoms with Crippen molar-refractivity contribution in [1.82, 2.24) is 9.88 Å². The molecule has 8 nitrogen and oxygen atoms in total. The van der Waals surface area contributed by atoms with Gasteiger partial charge in [0, 0.05) is 42.7 Å². The van der Waals surface area contributed by atoms with Gasteiger partial charge < -0.3 is 24.4 Å². The monoisotopic (exact) mass is 587 g/mol. The molecule has 220 valence electrons. The Labute approximate surface area is 250 Å². The Morgan fingerprint density at radius 1 is 1.00 bits per heavy atom. The smallest absolute Gasteiger partial charge is 0.307 e. The molecule has 7 rings (SSSR count). The number of amides is 1. The Bertz CT molecular complexity index is 1500. The summed E-state index contributed by atoms with van der Waals surface area (Å²) in [5.74, 6) is 0.365. The lowest BCUT2D eigenvalue weighted by Crippen LogP contribution is -2.45. The number of carbonyl (C=O) groups is 2. The maximum atomic E-state index is 13.2. The van der Waals surface area contributed by atoms with Gasteiger partial charge in [-0.25, -0.2) is 4.98 Å². The van der Waals surface area contributed by atoms with Gasteiger partial charge in [0.15, 0.2) is 5.13 Å². The Balaban J connectivity index is 1.05. The maximum absolute atomic E-state index is 13.2. The summed E-state index contributed by atoms with van der Waals surface area (Å²) in [6.45, 7) is 7.34. The highest BCUT2D eigenvalue weighted by Crippen LogP contribution is 2.44. The molecule has 4 bridgehead atoms. The number of benzene rings is 2. The van der Waals surface area contributed by atoms with E-state index < -0.39 is 5.97 Å². The molecule has 1 aliphatic carbocycles. The fraction of sp³-hybridized carbons (Fsp3) is 0.485. The molecule has 0 radical (unpaired) electrons. The van der Waals surface area contributed by atoms with Gasteiger partial charge in [0.25, 0.3) is 5.91 Å². The van der Waals surface area contributed by atoms with E-state index in [1.54, 1.807) is 11.3 Å². The molecule has 3 aliphatic heterocycles. The summed E-state index contributed by atoms with van der Waals surface area (Å²) < 4.78 is 12.3. The van der Waals surface area contributed by atoms with Crippen molar-refractivity contribution in [3.63, 3.8) is 0 Å². The van der Waals surface area contributed by atoms with Gasteiger partial charge in [-0.1, -0.05) is 17.7 Å². The van der Waals surface area contributed by atoms with Crippen LogP contribution in [0.15, 0.2) is 41.8 Å². The van der Waals surface area contributed by atoms with Crippen LogP contribution < -0.4 is 9.64 Å². The number of carbonyl (C=O) groups excluding carboxylic acids is 1. The van der Waals surface area contributed by atoms with Crippen molar-refractivity contribution in [1.29, 1.82) is 0 Å². The fourth-order valence-electron chi connectivity index (χ4n) is 7.39.